The van der Waals surface area contributed by atoms with E-state index in [4.69, 9.17) is 9.97 Å². The van der Waals surface area contributed by atoms with Crippen LogP contribution < -0.4 is 16.0 Å². The smallest absolute Gasteiger partial charge is 0.227 e. The third-order valence-corrected chi connectivity index (χ3v) is 6.80. The number of nitrogens with zero attached hydrogens (tertiary/aromatic N) is 5. The van der Waals surface area contributed by atoms with E-state index in [1.807, 2.05) is 37.8 Å². The van der Waals surface area contributed by atoms with E-state index in [1.165, 1.54) is 19.3 Å². The van der Waals surface area contributed by atoms with Crippen molar-refractivity contribution in [2.75, 3.05) is 17.7 Å². The van der Waals surface area contributed by atoms with Crippen molar-refractivity contribution in [1.29, 1.82) is 0 Å². The second kappa shape index (κ2) is 10.4. The molecule has 1 aliphatic carbocycles. The molecule has 0 spiro atoms. The van der Waals surface area contributed by atoms with Crippen LogP contribution in [0.1, 0.15) is 51.1 Å². The van der Waals surface area contributed by atoms with Crippen molar-refractivity contribution in [3.05, 3.63) is 60.6 Å². The zero-order valence-electron chi connectivity index (χ0n) is 20.7. The number of anilines is 2. The summed E-state index contributed by atoms with van der Waals surface area (Å²) in [6.45, 7) is 4.93. The quantitative estimate of drug-likeness (QED) is 0.333. The molecule has 0 bridgehead atoms. The maximum absolute atomic E-state index is 4.88. The van der Waals surface area contributed by atoms with Gasteiger partial charge in [0.1, 0.15) is 0 Å². The Morgan fingerprint density at radius 1 is 0.971 bits per heavy atom. The summed E-state index contributed by atoms with van der Waals surface area (Å²) < 4.78 is 2.10. The molecule has 3 aromatic heterocycles. The highest BCUT2D eigenvalue weighted by atomic mass is 15.2. The fourth-order valence-electron chi connectivity index (χ4n) is 4.81. The maximum Gasteiger partial charge on any atom is 0.227 e. The van der Waals surface area contributed by atoms with Crippen LogP contribution in [0.15, 0.2) is 55.0 Å². The van der Waals surface area contributed by atoms with Crippen LogP contribution in [0.4, 0.5) is 11.8 Å². The van der Waals surface area contributed by atoms with Crippen LogP contribution in [-0.4, -0.2) is 43.6 Å². The Hall–Kier alpha value is -3.52. The first-order valence-corrected chi connectivity index (χ1v) is 12.5. The number of pyridine rings is 1. The molecule has 0 aliphatic heterocycles. The number of aromatic nitrogens is 5. The van der Waals surface area contributed by atoms with Gasteiger partial charge in [-0.05, 0) is 51.4 Å². The summed E-state index contributed by atoms with van der Waals surface area (Å²) in [7, 11) is 2.04. The molecule has 8 nitrogen and oxygen atoms in total. The molecule has 4 aromatic rings. The molecular formula is C27H34N8. The molecule has 2 atom stereocenters. The van der Waals surface area contributed by atoms with Gasteiger partial charge in [0.05, 0.1) is 12.0 Å². The van der Waals surface area contributed by atoms with E-state index in [-0.39, 0.29) is 6.04 Å². The van der Waals surface area contributed by atoms with Gasteiger partial charge in [0.2, 0.25) is 5.95 Å². The number of imidazole rings is 1. The first-order chi connectivity index (χ1) is 17.1. The van der Waals surface area contributed by atoms with E-state index >= 15 is 0 Å². The number of hydrogen-bond acceptors (Lipinski definition) is 7. The Morgan fingerprint density at radius 3 is 2.49 bits per heavy atom. The van der Waals surface area contributed by atoms with E-state index in [9.17, 15) is 0 Å². The van der Waals surface area contributed by atoms with Crippen LogP contribution in [0.2, 0.25) is 0 Å². The van der Waals surface area contributed by atoms with E-state index < -0.39 is 0 Å². The van der Waals surface area contributed by atoms with E-state index in [0.717, 1.165) is 40.2 Å². The van der Waals surface area contributed by atoms with Gasteiger partial charge in [0, 0.05) is 36.4 Å². The van der Waals surface area contributed by atoms with E-state index in [0.29, 0.717) is 24.6 Å². The van der Waals surface area contributed by atoms with Crippen molar-refractivity contribution in [2.45, 2.75) is 64.2 Å². The zero-order valence-corrected chi connectivity index (χ0v) is 20.7. The minimum Gasteiger partial charge on any atom is -0.364 e. The molecule has 2 unspecified atom stereocenters. The summed E-state index contributed by atoms with van der Waals surface area (Å²) in [5, 5.41) is 10.6. The van der Waals surface area contributed by atoms with Gasteiger partial charge in [-0.2, -0.15) is 9.97 Å². The van der Waals surface area contributed by atoms with Gasteiger partial charge in [-0.15, -0.1) is 0 Å². The average molecular weight is 471 g/mol. The van der Waals surface area contributed by atoms with Crippen molar-refractivity contribution in [1.82, 2.24) is 29.8 Å². The van der Waals surface area contributed by atoms with Crippen molar-refractivity contribution >= 4 is 22.9 Å². The van der Waals surface area contributed by atoms with Gasteiger partial charge in [-0.1, -0.05) is 43.2 Å². The van der Waals surface area contributed by atoms with Crippen LogP contribution in [0, 0.1) is 0 Å². The van der Waals surface area contributed by atoms with Crippen LogP contribution in [-0.2, 0) is 6.54 Å². The van der Waals surface area contributed by atoms with Gasteiger partial charge in [-0.3, -0.25) is 4.98 Å². The van der Waals surface area contributed by atoms with Crippen LogP contribution in [0.5, 0.6) is 0 Å². The maximum atomic E-state index is 4.88. The van der Waals surface area contributed by atoms with Crippen molar-refractivity contribution in [3.63, 3.8) is 0 Å². The standard InChI is InChI=1S/C27H34N8/c1-18(2)35-17-31-24-25(30-16-19-11-13-20(14-12-19)21-8-6-7-15-29-21)33-27(34-26(24)35)32-23-10-5-4-9-22(23)28-3/h6-8,11-15,17-18,22-23,28H,4-5,9-10,16H2,1-3H3,(H2,30,32,33,34). The summed E-state index contributed by atoms with van der Waals surface area (Å²) in [5.74, 6) is 1.41. The lowest BCUT2D eigenvalue weighted by Gasteiger charge is -2.32. The normalized spacial score (nSPS) is 18.2. The van der Waals surface area contributed by atoms with Crippen molar-refractivity contribution < 1.29 is 0 Å². The lowest BCUT2D eigenvalue weighted by molar-refractivity contribution is 0.360. The highest BCUT2D eigenvalue weighted by Gasteiger charge is 2.25. The topological polar surface area (TPSA) is 92.6 Å². The third kappa shape index (κ3) is 5.12. The molecule has 0 saturated heterocycles. The minimum atomic E-state index is 0.259. The Kier molecular flexibility index (Phi) is 6.90. The third-order valence-electron chi connectivity index (χ3n) is 6.80. The van der Waals surface area contributed by atoms with Gasteiger partial charge < -0.3 is 20.5 Å². The second-order valence-corrected chi connectivity index (χ2v) is 9.51. The molecule has 3 heterocycles. The first-order valence-electron chi connectivity index (χ1n) is 12.5. The lowest BCUT2D eigenvalue weighted by Crippen LogP contribution is -2.44. The Balaban J connectivity index is 1.39. The monoisotopic (exact) mass is 470 g/mol. The van der Waals surface area contributed by atoms with Gasteiger partial charge >= 0.3 is 0 Å². The molecule has 1 aromatic carbocycles. The average Bonchev–Trinajstić information content (AvgIpc) is 3.33. The summed E-state index contributed by atoms with van der Waals surface area (Å²) in [6.07, 6.45) is 8.44. The highest BCUT2D eigenvalue weighted by Crippen LogP contribution is 2.27. The largest absolute Gasteiger partial charge is 0.364 e. The number of hydrogen-bond donors (Lipinski definition) is 3. The summed E-state index contributed by atoms with van der Waals surface area (Å²) in [6, 6.07) is 15.4. The molecule has 182 valence electrons. The zero-order chi connectivity index (χ0) is 24.2. The summed E-state index contributed by atoms with van der Waals surface area (Å²) in [4.78, 5) is 18.8. The minimum absolute atomic E-state index is 0.259. The Bertz CT molecular complexity index is 1250. The van der Waals surface area contributed by atoms with Crippen LogP contribution in [0.3, 0.4) is 0 Å². The Labute approximate surface area is 206 Å². The molecule has 0 radical (unpaired) electrons. The summed E-state index contributed by atoms with van der Waals surface area (Å²) in [5.41, 5.74) is 4.89. The molecule has 1 aliphatic rings. The van der Waals surface area contributed by atoms with Crippen molar-refractivity contribution in [3.8, 4) is 11.3 Å². The fourth-order valence-corrected chi connectivity index (χ4v) is 4.81. The molecular weight excluding hydrogens is 436 g/mol. The van der Waals surface area contributed by atoms with Crippen LogP contribution >= 0.6 is 0 Å². The number of benzene rings is 1. The van der Waals surface area contributed by atoms with Crippen LogP contribution in [0.25, 0.3) is 22.4 Å². The predicted octanol–water partition coefficient (Wildman–Crippen LogP) is 5.02. The number of likely N-dealkylation sites (N-methyl/N-ethyl adjacent to an activating group) is 1. The molecule has 1 fully saturated rings. The molecule has 8 heteroatoms. The predicted molar refractivity (Wildman–Crippen MR) is 141 cm³/mol. The van der Waals surface area contributed by atoms with Crippen molar-refractivity contribution in [2.24, 2.45) is 0 Å². The Morgan fingerprint density at radius 2 is 1.77 bits per heavy atom. The number of rotatable bonds is 8. The SMILES string of the molecule is CNC1CCCCC1Nc1nc(NCc2ccc(-c3ccccn3)cc2)c2ncn(C(C)C)c2n1. The van der Waals surface area contributed by atoms with E-state index in [1.54, 1.807) is 0 Å². The first kappa shape index (κ1) is 23.2. The number of fused-ring (bicyclic) bond motifs is 1. The highest BCUT2D eigenvalue weighted by molar-refractivity contribution is 5.84. The fraction of sp³-hybridized carbons (Fsp3) is 0.407. The molecule has 35 heavy (non-hydrogen) atoms. The second-order valence-electron chi connectivity index (χ2n) is 9.51. The van der Waals surface area contributed by atoms with E-state index in [2.05, 4.69) is 68.6 Å². The molecule has 3 N–H and O–H groups in total. The molecule has 0 amide bonds. The molecule has 5 rings (SSSR count). The lowest BCUT2D eigenvalue weighted by atomic mass is 9.90. The molecule has 1 saturated carbocycles. The number of nitrogens with one attached hydrogen (secondary N) is 3. The van der Waals surface area contributed by atoms with Gasteiger partial charge in [-0.25, -0.2) is 4.98 Å². The van der Waals surface area contributed by atoms with Gasteiger partial charge in [0.25, 0.3) is 0 Å². The summed E-state index contributed by atoms with van der Waals surface area (Å²) >= 11 is 0. The van der Waals surface area contributed by atoms with Gasteiger partial charge in [0.15, 0.2) is 17.0 Å².